The standard InChI is InChI=1S/C14H12N2O4.C14H10N2O3/c1-8-10(3-2-6-15-8)13(18)16-11-5-4-9(14(19)20)7-12(11)17;1-8-10(3-2-6-15-8)13-16-11-5-4-9(14(17)18)7-12(11)19-13/h2-7,17H,1H3,(H,16,18)(H,19,20);2-7H,1H3,(H,17,18). The predicted molar refractivity (Wildman–Crippen MR) is 141 cm³/mol. The smallest absolute Gasteiger partial charge is 0.335 e. The molecule has 196 valence electrons. The summed E-state index contributed by atoms with van der Waals surface area (Å²) < 4.78 is 5.61. The Morgan fingerprint density at radius 3 is 2.10 bits per heavy atom. The lowest BCUT2D eigenvalue weighted by molar-refractivity contribution is 0.0686. The molecule has 0 aliphatic rings. The maximum Gasteiger partial charge on any atom is 0.335 e. The molecule has 3 aromatic heterocycles. The van der Waals surface area contributed by atoms with Crippen LogP contribution in [0.1, 0.15) is 42.5 Å². The second-order valence-electron chi connectivity index (χ2n) is 8.27. The predicted octanol–water partition coefficient (Wildman–Crippen LogP) is 4.94. The highest BCUT2D eigenvalue weighted by molar-refractivity contribution is 6.06. The van der Waals surface area contributed by atoms with Crippen molar-refractivity contribution in [1.82, 2.24) is 15.0 Å². The first-order valence-electron chi connectivity index (χ1n) is 11.5. The Balaban J connectivity index is 0.000000181. The Bertz CT molecular complexity index is 1710. The molecular weight excluding hydrogens is 504 g/mol. The van der Waals surface area contributed by atoms with Crippen LogP contribution < -0.4 is 5.32 Å². The maximum atomic E-state index is 12.0. The van der Waals surface area contributed by atoms with Crippen LogP contribution >= 0.6 is 0 Å². The number of phenols is 1. The highest BCUT2D eigenvalue weighted by Gasteiger charge is 2.14. The lowest BCUT2D eigenvalue weighted by atomic mass is 10.1. The number of carboxylic acids is 2. The lowest BCUT2D eigenvalue weighted by Gasteiger charge is -2.09. The molecule has 5 rings (SSSR count). The fraction of sp³-hybridized carbons (Fsp3) is 0.0714. The summed E-state index contributed by atoms with van der Waals surface area (Å²) in [5.74, 6) is -2.42. The van der Waals surface area contributed by atoms with Crippen molar-refractivity contribution < 1.29 is 34.1 Å². The first-order valence-corrected chi connectivity index (χ1v) is 11.5. The number of carboxylic acid groups (broad SMARTS) is 2. The van der Waals surface area contributed by atoms with Crippen LogP contribution in [-0.2, 0) is 0 Å². The van der Waals surface area contributed by atoms with E-state index in [0.29, 0.717) is 28.2 Å². The third-order valence-corrected chi connectivity index (χ3v) is 5.62. The zero-order valence-electron chi connectivity index (χ0n) is 20.7. The minimum absolute atomic E-state index is 0.0574. The number of amides is 1. The summed E-state index contributed by atoms with van der Waals surface area (Å²) in [5.41, 5.74) is 3.91. The Labute approximate surface area is 221 Å². The quantitative estimate of drug-likeness (QED) is 0.229. The first kappa shape index (κ1) is 26.5. The second kappa shape index (κ2) is 11.2. The number of nitrogens with zero attached hydrogens (tertiary/aromatic N) is 3. The minimum Gasteiger partial charge on any atom is -0.506 e. The van der Waals surface area contributed by atoms with Crippen LogP contribution in [0.4, 0.5) is 5.69 Å². The molecule has 0 radical (unpaired) electrons. The van der Waals surface area contributed by atoms with E-state index in [0.717, 1.165) is 17.3 Å². The molecule has 0 aliphatic carbocycles. The third-order valence-electron chi connectivity index (χ3n) is 5.62. The monoisotopic (exact) mass is 526 g/mol. The number of carbonyl (C=O) groups excluding carboxylic acids is 1. The summed E-state index contributed by atoms with van der Waals surface area (Å²) >= 11 is 0. The number of carbonyl (C=O) groups is 3. The number of aryl methyl sites for hydroxylation is 2. The van der Waals surface area contributed by atoms with Crippen molar-refractivity contribution in [2.45, 2.75) is 13.8 Å². The van der Waals surface area contributed by atoms with Gasteiger partial charge >= 0.3 is 11.9 Å². The average molecular weight is 527 g/mol. The largest absolute Gasteiger partial charge is 0.506 e. The number of aromatic carboxylic acids is 2. The van der Waals surface area contributed by atoms with Crippen molar-refractivity contribution in [3.8, 4) is 17.2 Å². The number of benzene rings is 2. The minimum atomic E-state index is -1.15. The molecule has 0 atom stereocenters. The number of aromatic nitrogens is 3. The summed E-state index contributed by atoms with van der Waals surface area (Å²) in [5, 5.41) is 30.0. The molecule has 3 heterocycles. The van der Waals surface area contributed by atoms with Gasteiger partial charge in [-0.3, -0.25) is 14.8 Å². The maximum absolute atomic E-state index is 12.0. The third kappa shape index (κ3) is 6.05. The van der Waals surface area contributed by atoms with E-state index >= 15 is 0 Å². The molecule has 11 heteroatoms. The first-order chi connectivity index (χ1) is 18.6. The van der Waals surface area contributed by atoms with Crippen LogP contribution in [0.25, 0.3) is 22.6 Å². The zero-order valence-corrected chi connectivity index (χ0v) is 20.7. The van der Waals surface area contributed by atoms with Gasteiger partial charge in [-0.1, -0.05) is 0 Å². The van der Waals surface area contributed by atoms with Gasteiger partial charge in [0.05, 0.1) is 27.9 Å². The molecular formula is C28H22N4O7. The average Bonchev–Trinajstić information content (AvgIpc) is 3.34. The summed E-state index contributed by atoms with van der Waals surface area (Å²) in [6, 6.07) is 15.2. The summed E-state index contributed by atoms with van der Waals surface area (Å²) in [6.07, 6.45) is 3.27. The van der Waals surface area contributed by atoms with Gasteiger partial charge in [0.1, 0.15) is 11.3 Å². The fourth-order valence-corrected chi connectivity index (χ4v) is 3.57. The van der Waals surface area contributed by atoms with E-state index in [1.54, 1.807) is 43.6 Å². The number of aromatic hydroxyl groups is 1. The van der Waals surface area contributed by atoms with E-state index in [1.807, 2.05) is 13.0 Å². The molecule has 0 saturated heterocycles. The van der Waals surface area contributed by atoms with E-state index in [2.05, 4.69) is 20.3 Å². The SMILES string of the molecule is Cc1ncccc1-c1nc2ccc(C(=O)O)cc2o1.Cc1ncccc1C(=O)Nc1ccc(C(=O)O)cc1O. The number of rotatable bonds is 5. The molecule has 5 aromatic rings. The molecule has 2 aromatic carbocycles. The van der Waals surface area contributed by atoms with Gasteiger partial charge in [0, 0.05) is 23.8 Å². The van der Waals surface area contributed by atoms with E-state index in [4.69, 9.17) is 14.6 Å². The molecule has 0 aliphatic heterocycles. The van der Waals surface area contributed by atoms with Gasteiger partial charge in [-0.25, -0.2) is 14.6 Å². The topological polar surface area (TPSA) is 176 Å². The summed E-state index contributed by atoms with van der Waals surface area (Å²) in [7, 11) is 0. The summed E-state index contributed by atoms with van der Waals surface area (Å²) in [6.45, 7) is 3.56. The van der Waals surface area contributed by atoms with Crippen LogP contribution in [0.15, 0.2) is 77.5 Å². The molecule has 0 bridgehead atoms. The van der Waals surface area contributed by atoms with E-state index in [9.17, 15) is 19.5 Å². The highest BCUT2D eigenvalue weighted by atomic mass is 16.4. The number of pyridine rings is 2. The van der Waals surface area contributed by atoms with Gasteiger partial charge in [0.2, 0.25) is 5.89 Å². The fourth-order valence-electron chi connectivity index (χ4n) is 3.57. The summed E-state index contributed by atoms with van der Waals surface area (Å²) in [4.78, 5) is 46.2. The van der Waals surface area contributed by atoms with Crippen LogP contribution in [0.5, 0.6) is 5.75 Å². The van der Waals surface area contributed by atoms with E-state index < -0.39 is 17.8 Å². The molecule has 1 amide bonds. The van der Waals surface area contributed by atoms with Crippen molar-refractivity contribution in [2.75, 3.05) is 5.32 Å². The van der Waals surface area contributed by atoms with Gasteiger partial charge in [-0.2, -0.15) is 0 Å². The van der Waals surface area contributed by atoms with Crippen molar-refractivity contribution in [1.29, 1.82) is 0 Å². The van der Waals surface area contributed by atoms with Crippen molar-refractivity contribution in [3.63, 3.8) is 0 Å². The zero-order chi connectivity index (χ0) is 28.1. The molecule has 0 spiro atoms. The molecule has 0 saturated carbocycles. The highest BCUT2D eigenvalue weighted by Crippen LogP contribution is 2.27. The van der Waals surface area contributed by atoms with Crippen molar-refractivity contribution in [2.24, 2.45) is 0 Å². The van der Waals surface area contributed by atoms with Crippen LogP contribution in [-0.4, -0.2) is 48.1 Å². The van der Waals surface area contributed by atoms with Gasteiger partial charge < -0.3 is 25.1 Å². The van der Waals surface area contributed by atoms with Gasteiger partial charge in [-0.15, -0.1) is 0 Å². The van der Waals surface area contributed by atoms with Gasteiger partial charge in [0.15, 0.2) is 5.58 Å². The van der Waals surface area contributed by atoms with E-state index in [1.165, 1.54) is 24.3 Å². The number of anilines is 1. The molecule has 39 heavy (non-hydrogen) atoms. The number of hydrogen-bond acceptors (Lipinski definition) is 8. The normalized spacial score (nSPS) is 10.4. The van der Waals surface area contributed by atoms with Gasteiger partial charge in [0.25, 0.3) is 5.91 Å². The molecule has 11 nitrogen and oxygen atoms in total. The molecule has 0 fully saturated rings. The Morgan fingerprint density at radius 1 is 0.821 bits per heavy atom. The number of nitrogens with one attached hydrogen (secondary N) is 1. The number of fused-ring (bicyclic) bond motifs is 1. The number of phenolic OH excluding ortho intramolecular Hbond substituents is 1. The van der Waals surface area contributed by atoms with Crippen molar-refractivity contribution >= 4 is 34.6 Å². The van der Waals surface area contributed by atoms with Crippen molar-refractivity contribution in [3.05, 3.63) is 101 Å². The molecule has 4 N–H and O–H groups in total. The van der Waals surface area contributed by atoms with Crippen LogP contribution in [0, 0.1) is 13.8 Å². The van der Waals surface area contributed by atoms with Crippen LogP contribution in [0.2, 0.25) is 0 Å². The Morgan fingerprint density at radius 2 is 1.46 bits per heavy atom. The van der Waals surface area contributed by atoms with Gasteiger partial charge in [-0.05, 0) is 74.5 Å². The lowest BCUT2D eigenvalue weighted by Crippen LogP contribution is -2.14. The van der Waals surface area contributed by atoms with Crippen LogP contribution in [0.3, 0.4) is 0 Å². The Hall–Kier alpha value is -5.58. The Kier molecular flexibility index (Phi) is 7.62. The molecule has 0 unspecified atom stereocenters. The van der Waals surface area contributed by atoms with E-state index in [-0.39, 0.29) is 22.6 Å². The number of oxazole rings is 1. The number of hydrogen-bond donors (Lipinski definition) is 4. The second-order valence-corrected chi connectivity index (χ2v) is 8.27.